The van der Waals surface area contributed by atoms with Crippen LogP contribution in [0.15, 0.2) is 0 Å². The number of amides is 3. The van der Waals surface area contributed by atoms with Crippen LogP contribution < -0.4 is 10.6 Å². The molecule has 14 heavy (non-hydrogen) atoms. The number of hydrogen-bond acceptors (Lipinski definition) is 3. The van der Waals surface area contributed by atoms with Crippen molar-refractivity contribution < 1.29 is 14.4 Å². The molecule has 2 N–H and O–H groups in total. The lowest BCUT2D eigenvalue weighted by Crippen LogP contribution is -2.20. The van der Waals surface area contributed by atoms with Gasteiger partial charge in [-0.15, -0.1) is 0 Å². The number of carbonyl (C=O) groups excluding carboxylic acids is 3. The predicted octanol–water partition coefficient (Wildman–Crippen LogP) is -0.435. The summed E-state index contributed by atoms with van der Waals surface area (Å²) in [4.78, 5) is 30.9. The molecule has 2 saturated heterocycles. The van der Waals surface area contributed by atoms with Crippen LogP contribution in [-0.4, -0.2) is 24.3 Å². The highest BCUT2D eigenvalue weighted by molar-refractivity contribution is 6.03. The summed E-state index contributed by atoms with van der Waals surface area (Å²) in [7, 11) is 0. The molecule has 78 valence electrons. The molecule has 0 spiro atoms. The summed E-state index contributed by atoms with van der Waals surface area (Å²) >= 11 is 0. The zero-order valence-corrected chi connectivity index (χ0v) is 8.13. The van der Waals surface area contributed by atoms with Gasteiger partial charge < -0.3 is 5.32 Å². The predicted molar refractivity (Wildman–Crippen MR) is 49.2 cm³/mol. The second kappa shape index (κ2) is 4.74. The molecule has 2 heterocycles. The van der Waals surface area contributed by atoms with Crippen LogP contribution in [0.25, 0.3) is 0 Å². The van der Waals surface area contributed by atoms with E-state index >= 15 is 0 Å². The van der Waals surface area contributed by atoms with E-state index in [9.17, 15) is 14.4 Å². The molecule has 3 amide bonds. The Morgan fingerprint density at radius 1 is 1.21 bits per heavy atom. The van der Waals surface area contributed by atoms with Crippen molar-refractivity contribution in [2.75, 3.05) is 6.54 Å². The highest BCUT2D eigenvalue weighted by Crippen LogP contribution is 2.07. The lowest BCUT2D eigenvalue weighted by Gasteiger charge is -1.88. The Morgan fingerprint density at radius 2 is 1.93 bits per heavy atom. The van der Waals surface area contributed by atoms with Gasteiger partial charge in [0.25, 0.3) is 0 Å². The van der Waals surface area contributed by atoms with E-state index in [0.29, 0.717) is 6.42 Å². The fraction of sp³-hybridized carbons (Fsp3) is 0.667. The van der Waals surface area contributed by atoms with E-state index < -0.39 is 0 Å². The lowest BCUT2D eigenvalue weighted by atomic mass is 10.1. The van der Waals surface area contributed by atoms with Crippen molar-refractivity contribution >= 4 is 17.7 Å². The van der Waals surface area contributed by atoms with Gasteiger partial charge in [0, 0.05) is 25.3 Å². The maximum absolute atomic E-state index is 10.5. The second-order valence-electron chi connectivity index (χ2n) is 3.47. The molecule has 2 aliphatic rings. The quantitative estimate of drug-likeness (QED) is 0.518. The van der Waals surface area contributed by atoms with Crippen LogP contribution in [0.1, 0.15) is 26.2 Å². The largest absolute Gasteiger partial charge is 0.356 e. The number of imide groups is 1. The van der Waals surface area contributed by atoms with Crippen molar-refractivity contribution in [3.8, 4) is 0 Å². The second-order valence-corrected chi connectivity index (χ2v) is 3.47. The smallest absolute Gasteiger partial charge is 0.229 e. The fourth-order valence-electron chi connectivity index (χ4n) is 1.25. The Bertz CT molecular complexity index is 255. The van der Waals surface area contributed by atoms with E-state index in [0.717, 1.165) is 19.4 Å². The van der Waals surface area contributed by atoms with Gasteiger partial charge in [-0.25, -0.2) is 0 Å². The van der Waals surface area contributed by atoms with Crippen molar-refractivity contribution in [2.24, 2.45) is 5.92 Å². The van der Waals surface area contributed by atoms with Gasteiger partial charge in [0.1, 0.15) is 0 Å². The first kappa shape index (κ1) is 10.7. The molecule has 5 heteroatoms. The standard InChI is InChI=1S/C5H7NO2.C4H7NO/c1-3-2-4(7)6-5(3)8;6-4-2-1-3-5-4/h3H,2H2,1H3,(H,6,7,8);1-3H2,(H,5,6). The number of carbonyl (C=O) groups is 3. The third-order valence-corrected chi connectivity index (χ3v) is 2.10. The SMILES string of the molecule is CC1CC(=O)NC1=O.O=C1CCCN1. The lowest BCUT2D eigenvalue weighted by molar-refractivity contribution is -0.125. The van der Waals surface area contributed by atoms with Gasteiger partial charge in [0.05, 0.1) is 0 Å². The average Bonchev–Trinajstić information content (AvgIpc) is 2.65. The fourth-order valence-corrected chi connectivity index (χ4v) is 1.25. The number of nitrogens with one attached hydrogen (secondary N) is 2. The summed E-state index contributed by atoms with van der Waals surface area (Å²) in [6.45, 7) is 2.62. The summed E-state index contributed by atoms with van der Waals surface area (Å²) < 4.78 is 0. The van der Waals surface area contributed by atoms with Crippen LogP contribution in [0, 0.1) is 5.92 Å². The maximum atomic E-state index is 10.5. The zero-order valence-electron chi connectivity index (χ0n) is 8.13. The van der Waals surface area contributed by atoms with E-state index in [1.807, 2.05) is 0 Å². The van der Waals surface area contributed by atoms with E-state index in [1.165, 1.54) is 0 Å². The normalized spacial score (nSPS) is 25.2. The molecular formula is C9H14N2O3. The first-order valence-corrected chi connectivity index (χ1v) is 4.70. The molecule has 0 radical (unpaired) electrons. The van der Waals surface area contributed by atoms with E-state index in [2.05, 4.69) is 10.6 Å². The van der Waals surface area contributed by atoms with Crippen LogP contribution >= 0.6 is 0 Å². The van der Waals surface area contributed by atoms with Crippen LogP contribution in [-0.2, 0) is 14.4 Å². The molecule has 1 unspecified atom stereocenters. The van der Waals surface area contributed by atoms with Crippen molar-refractivity contribution in [1.29, 1.82) is 0 Å². The van der Waals surface area contributed by atoms with Crippen molar-refractivity contribution in [1.82, 2.24) is 10.6 Å². The van der Waals surface area contributed by atoms with Crippen molar-refractivity contribution in [3.05, 3.63) is 0 Å². The summed E-state index contributed by atoms with van der Waals surface area (Å²) in [6, 6.07) is 0. The Balaban J connectivity index is 0.000000146. The van der Waals surface area contributed by atoms with Gasteiger partial charge in [-0.1, -0.05) is 6.92 Å². The molecule has 5 nitrogen and oxygen atoms in total. The molecule has 2 aliphatic heterocycles. The molecule has 0 aromatic carbocycles. The summed E-state index contributed by atoms with van der Waals surface area (Å²) in [6.07, 6.45) is 2.12. The van der Waals surface area contributed by atoms with Crippen LogP contribution in [0.2, 0.25) is 0 Å². The van der Waals surface area contributed by atoms with Crippen molar-refractivity contribution in [3.63, 3.8) is 0 Å². The molecule has 0 aromatic heterocycles. The van der Waals surface area contributed by atoms with Gasteiger partial charge >= 0.3 is 0 Å². The molecule has 0 aromatic rings. The Hall–Kier alpha value is -1.39. The van der Waals surface area contributed by atoms with E-state index in [-0.39, 0.29) is 23.6 Å². The summed E-state index contributed by atoms with van der Waals surface area (Å²) in [5.74, 6) is -0.199. The molecular weight excluding hydrogens is 184 g/mol. The molecule has 2 rings (SSSR count). The first-order chi connectivity index (χ1) is 6.59. The molecule has 0 bridgehead atoms. The monoisotopic (exact) mass is 198 g/mol. The van der Waals surface area contributed by atoms with Crippen LogP contribution in [0.5, 0.6) is 0 Å². The number of hydrogen-bond donors (Lipinski definition) is 2. The number of rotatable bonds is 0. The van der Waals surface area contributed by atoms with Gasteiger partial charge in [-0.2, -0.15) is 0 Å². The van der Waals surface area contributed by atoms with Crippen LogP contribution in [0.4, 0.5) is 0 Å². The third-order valence-electron chi connectivity index (χ3n) is 2.10. The maximum Gasteiger partial charge on any atom is 0.229 e. The van der Waals surface area contributed by atoms with Gasteiger partial charge in [0.15, 0.2) is 0 Å². The minimum absolute atomic E-state index is 0.109. The molecule has 0 aliphatic carbocycles. The van der Waals surface area contributed by atoms with Gasteiger partial charge in [0.2, 0.25) is 17.7 Å². The highest BCUT2D eigenvalue weighted by Gasteiger charge is 2.25. The van der Waals surface area contributed by atoms with Crippen molar-refractivity contribution in [2.45, 2.75) is 26.2 Å². The van der Waals surface area contributed by atoms with Gasteiger partial charge in [-0.3, -0.25) is 19.7 Å². The minimum Gasteiger partial charge on any atom is -0.356 e. The summed E-state index contributed by atoms with van der Waals surface area (Å²) in [5.41, 5.74) is 0. The Labute approximate surface area is 82.2 Å². The van der Waals surface area contributed by atoms with E-state index in [1.54, 1.807) is 6.92 Å². The minimum atomic E-state index is -0.150. The first-order valence-electron chi connectivity index (χ1n) is 4.70. The summed E-state index contributed by atoms with van der Waals surface area (Å²) in [5, 5.41) is 4.87. The average molecular weight is 198 g/mol. The Kier molecular flexibility index (Phi) is 3.62. The van der Waals surface area contributed by atoms with E-state index in [4.69, 9.17) is 0 Å². The topological polar surface area (TPSA) is 75.3 Å². The van der Waals surface area contributed by atoms with Crippen LogP contribution in [0.3, 0.4) is 0 Å². The molecule has 1 atom stereocenters. The highest BCUT2D eigenvalue weighted by atomic mass is 16.2. The Morgan fingerprint density at radius 3 is 2.07 bits per heavy atom. The zero-order chi connectivity index (χ0) is 10.6. The molecule has 2 fully saturated rings. The molecule has 0 saturated carbocycles. The van der Waals surface area contributed by atoms with Gasteiger partial charge in [-0.05, 0) is 6.42 Å². The third kappa shape index (κ3) is 3.16.